The Morgan fingerprint density at radius 2 is 2.17 bits per heavy atom. The van der Waals surface area contributed by atoms with Crippen molar-refractivity contribution >= 4 is 17.9 Å². The van der Waals surface area contributed by atoms with Crippen LogP contribution in [-0.2, 0) is 0 Å². The van der Waals surface area contributed by atoms with Crippen LogP contribution in [0, 0.1) is 0 Å². The van der Waals surface area contributed by atoms with E-state index in [-0.39, 0.29) is 5.91 Å². The summed E-state index contributed by atoms with van der Waals surface area (Å²) in [6.07, 6.45) is 2.36. The lowest BCUT2D eigenvalue weighted by Crippen LogP contribution is -2.41. The monoisotopic (exact) mass is 334 g/mol. The molecule has 23 heavy (non-hydrogen) atoms. The van der Waals surface area contributed by atoms with Crippen molar-refractivity contribution in [2.24, 2.45) is 0 Å². The van der Waals surface area contributed by atoms with Gasteiger partial charge in [-0.25, -0.2) is 4.31 Å². The Labute approximate surface area is 142 Å². The summed E-state index contributed by atoms with van der Waals surface area (Å²) in [6, 6.07) is 8.38. The molecule has 2 fully saturated rings. The van der Waals surface area contributed by atoms with Gasteiger partial charge in [-0.3, -0.25) is 4.79 Å². The highest BCUT2D eigenvalue weighted by molar-refractivity contribution is 7.97. The van der Waals surface area contributed by atoms with Gasteiger partial charge in [-0.05, 0) is 56.6 Å². The SMILES string of the molecule is CN1CCN(Sc2cccc(C(=O)NCC3CCCN3)c2)CC1. The van der Waals surface area contributed by atoms with Crippen LogP contribution in [0.4, 0.5) is 0 Å². The third-order valence-corrected chi connectivity index (χ3v) is 5.55. The second-order valence-corrected chi connectivity index (χ2v) is 7.53. The molecule has 2 aliphatic rings. The van der Waals surface area contributed by atoms with Crippen LogP contribution in [0.3, 0.4) is 0 Å². The van der Waals surface area contributed by atoms with Crippen molar-refractivity contribution in [2.45, 2.75) is 23.8 Å². The van der Waals surface area contributed by atoms with Crippen molar-refractivity contribution < 1.29 is 4.79 Å². The van der Waals surface area contributed by atoms with Gasteiger partial charge in [0.2, 0.25) is 0 Å². The first-order valence-electron chi connectivity index (χ1n) is 8.44. The fourth-order valence-corrected chi connectivity index (χ4v) is 3.93. The number of carbonyl (C=O) groups is 1. The Balaban J connectivity index is 1.52. The van der Waals surface area contributed by atoms with Crippen molar-refractivity contribution in [3.05, 3.63) is 29.8 Å². The van der Waals surface area contributed by atoms with Crippen LogP contribution >= 0.6 is 11.9 Å². The maximum Gasteiger partial charge on any atom is 0.251 e. The predicted molar refractivity (Wildman–Crippen MR) is 94.7 cm³/mol. The summed E-state index contributed by atoms with van der Waals surface area (Å²) in [5, 5.41) is 6.45. The van der Waals surface area contributed by atoms with Crippen LogP contribution < -0.4 is 10.6 Å². The Morgan fingerprint density at radius 1 is 1.35 bits per heavy atom. The maximum atomic E-state index is 12.3. The first kappa shape index (κ1) is 16.8. The molecule has 126 valence electrons. The van der Waals surface area contributed by atoms with Crippen LogP contribution in [0.15, 0.2) is 29.2 Å². The third-order valence-electron chi connectivity index (χ3n) is 4.46. The van der Waals surface area contributed by atoms with E-state index in [9.17, 15) is 4.79 Å². The zero-order chi connectivity index (χ0) is 16.1. The second kappa shape index (κ2) is 8.15. The van der Waals surface area contributed by atoms with E-state index in [0.29, 0.717) is 12.6 Å². The molecule has 2 aliphatic heterocycles. The molecule has 1 aromatic carbocycles. The predicted octanol–water partition coefficient (Wildman–Crippen LogP) is 1.42. The van der Waals surface area contributed by atoms with Crippen molar-refractivity contribution in [1.29, 1.82) is 0 Å². The minimum atomic E-state index is 0.0273. The molecule has 0 bridgehead atoms. The van der Waals surface area contributed by atoms with E-state index in [0.717, 1.165) is 49.6 Å². The smallest absolute Gasteiger partial charge is 0.251 e. The van der Waals surface area contributed by atoms with Gasteiger partial charge in [0.1, 0.15) is 0 Å². The van der Waals surface area contributed by atoms with Crippen molar-refractivity contribution in [1.82, 2.24) is 19.8 Å². The van der Waals surface area contributed by atoms with Gasteiger partial charge in [0.15, 0.2) is 0 Å². The molecule has 5 nitrogen and oxygen atoms in total. The molecule has 6 heteroatoms. The second-order valence-electron chi connectivity index (χ2n) is 6.35. The fourth-order valence-electron chi connectivity index (χ4n) is 2.97. The number of nitrogens with one attached hydrogen (secondary N) is 2. The molecule has 0 spiro atoms. The minimum absolute atomic E-state index is 0.0273. The standard InChI is InChI=1S/C17H26N4OS/c1-20-8-10-21(11-9-20)23-16-6-2-4-14(12-16)17(22)19-13-15-5-3-7-18-15/h2,4,6,12,15,18H,3,5,7-11,13H2,1H3,(H,19,22). The summed E-state index contributed by atoms with van der Waals surface area (Å²) in [6.45, 7) is 6.10. The van der Waals surface area contributed by atoms with Gasteiger partial charge in [0.25, 0.3) is 5.91 Å². The number of nitrogens with zero attached hydrogens (tertiary/aromatic N) is 2. The number of hydrogen-bond acceptors (Lipinski definition) is 5. The molecule has 0 saturated carbocycles. The van der Waals surface area contributed by atoms with E-state index in [1.165, 1.54) is 6.42 Å². The van der Waals surface area contributed by atoms with Gasteiger partial charge in [-0.15, -0.1) is 0 Å². The average Bonchev–Trinajstić information content (AvgIpc) is 3.08. The summed E-state index contributed by atoms with van der Waals surface area (Å²) < 4.78 is 2.37. The Morgan fingerprint density at radius 3 is 2.91 bits per heavy atom. The largest absolute Gasteiger partial charge is 0.350 e. The third kappa shape index (κ3) is 4.94. The van der Waals surface area contributed by atoms with Gasteiger partial charge in [0, 0.05) is 49.2 Å². The van der Waals surface area contributed by atoms with E-state index in [1.54, 1.807) is 11.9 Å². The van der Waals surface area contributed by atoms with Crippen LogP contribution in [0.1, 0.15) is 23.2 Å². The first-order chi connectivity index (χ1) is 11.2. The van der Waals surface area contributed by atoms with Crippen LogP contribution in [-0.4, -0.2) is 67.5 Å². The molecule has 2 saturated heterocycles. The molecule has 1 amide bonds. The zero-order valence-electron chi connectivity index (χ0n) is 13.8. The van der Waals surface area contributed by atoms with Gasteiger partial charge < -0.3 is 15.5 Å². The highest BCUT2D eigenvalue weighted by atomic mass is 32.2. The Hall–Kier alpha value is -1.08. The lowest BCUT2D eigenvalue weighted by Gasteiger charge is -2.31. The summed E-state index contributed by atoms with van der Waals surface area (Å²) in [7, 11) is 2.16. The van der Waals surface area contributed by atoms with Crippen molar-refractivity contribution in [2.75, 3.05) is 46.3 Å². The van der Waals surface area contributed by atoms with Crippen molar-refractivity contribution in [3.8, 4) is 0 Å². The number of benzene rings is 1. The summed E-state index contributed by atoms with van der Waals surface area (Å²) in [5.74, 6) is 0.0273. The van der Waals surface area contributed by atoms with E-state index < -0.39 is 0 Å². The molecule has 0 radical (unpaired) electrons. The molecule has 1 atom stereocenters. The molecule has 1 aromatic rings. The van der Waals surface area contributed by atoms with E-state index in [2.05, 4.69) is 33.0 Å². The van der Waals surface area contributed by atoms with Crippen LogP contribution in [0.5, 0.6) is 0 Å². The number of likely N-dealkylation sites (N-methyl/N-ethyl adjacent to an activating group) is 1. The molecule has 2 heterocycles. The summed E-state index contributed by atoms with van der Waals surface area (Å²) >= 11 is 1.76. The first-order valence-corrected chi connectivity index (χ1v) is 9.21. The molecule has 2 N–H and O–H groups in total. The average molecular weight is 334 g/mol. The number of piperazine rings is 1. The molecule has 0 aliphatic carbocycles. The minimum Gasteiger partial charge on any atom is -0.350 e. The normalized spacial score (nSPS) is 23.1. The van der Waals surface area contributed by atoms with Gasteiger partial charge in [-0.2, -0.15) is 0 Å². The van der Waals surface area contributed by atoms with Crippen molar-refractivity contribution in [3.63, 3.8) is 0 Å². The molecular weight excluding hydrogens is 308 g/mol. The van der Waals surface area contributed by atoms with E-state index in [4.69, 9.17) is 0 Å². The Bertz CT molecular complexity index is 525. The van der Waals surface area contributed by atoms with Gasteiger partial charge >= 0.3 is 0 Å². The number of carbonyl (C=O) groups excluding carboxylic acids is 1. The van der Waals surface area contributed by atoms with Gasteiger partial charge in [0.05, 0.1) is 0 Å². The highest BCUT2D eigenvalue weighted by Crippen LogP contribution is 2.24. The number of rotatable bonds is 5. The van der Waals surface area contributed by atoms with Crippen LogP contribution in [0.2, 0.25) is 0 Å². The van der Waals surface area contributed by atoms with E-state index >= 15 is 0 Å². The lowest BCUT2D eigenvalue weighted by molar-refractivity contribution is 0.0950. The molecule has 0 aromatic heterocycles. The fraction of sp³-hybridized carbons (Fsp3) is 0.588. The highest BCUT2D eigenvalue weighted by Gasteiger charge is 2.17. The summed E-state index contributed by atoms with van der Waals surface area (Å²) in [4.78, 5) is 15.8. The molecule has 3 rings (SSSR count). The zero-order valence-corrected chi connectivity index (χ0v) is 14.6. The number of hydrogen-bond donors (Lipinski definition) is 2. The Kier molecular flexibility index (Phi) is 5.94. The van der Waals surface area contributed by atoms with E-state index in [1.807, 2.05) is 18.2 Å². The van der Waals surface area contributed by atoms with Gasteiger partial charge in [-0.1, -0.05) is 6.07 Å². The quantitative estimate of drug-likeness (QED) is 0.798. The topological polar surface area (TPSA) is 47.6 Å². The maximum absolute atomic E-state index is 12.3. The lowest BCUT2D eigenvalue weighted by atomic mass is 10.2. The summed E-state index contributed by atoms with van der Waals surface area (Å²) in [5.41, 5.74) is 0.752. The number of amides is 1. The molecule has 1 unspecified atom stereocenters. The van der Waals surface area contributed by atoms with Crippen LogP contribution in [0.25, 0.3) is 0 Å². The molecular formula is C17H26N4OS.